The molecule has 1 aromatic rings. The number of hydrogen-bond acceptors (Lipinski definition) is 3. The summed E-state index contributed by atoms with van der Waals surface area (Å²) >= 11 is 0. The average molecular weight is 211 g/mol. The lowest BCUT2D eigenvalue weighted by molar-refractivity contribution is 0.1000. The van der Waals surface area contributed by atoms with E-state index in [4.69, 9.17) is 5.73 Å². The number of nitrogens with zero attached hydrogens (tertiary/aromatic N) is 1. The minimum absolute atomic E-state index is 0.182. The third-order valence-electron chi connectivity index (χ3n) is 1.92. The summed E-state index contributed by atoms with van der Waals surface area (Å²) in [7, 11) is 3.63. The molecule has 4 nitrogen and oxygen atoms in total. The topological polar surface area (TPSA) is 58.4 Å². The summed E-state index contributed by atoms with van der Waals surface area (Å²) in [4.78, 5) is 10.8. The molecule has 82 valence electrons. The molecule has 0 fully saturated rings. The SMILES string of the molecule is CN(C)NCc1ccc(C(N)=O)cc1F. The molecule has 0 aliphatic heterocycles. The van der Waals surface area contributed by atoms with Crippen LogP contribution in [0.5, 0.6) is 0 Å². The van der Waals surface area contributed by atoms with Gasteiger partial charge in [-0.2, -0.15) is 0 Å². The van der Waals surface area contributed by atoms with E-state index < -0.39 is 11.7 Å². The van der Waals surface area contributed by atoms with Gasteiger partial charge in [0.15, 0.2) is 0 Å². The Morgan fingerprint density at radius 1 is 1.53 bits per heavy atom. The van der Waals surface area contributed by atoms with Gasteiger partial charge in [-0.05, 0) is 12.1 Å². The van der Waals surface area contributed by atoms with Crippen molar-refractivity contribution in [2.75, 3.05) is 14.1 Å². The molecule has 0 aliphatic rings. The van der Waals surface area contributed by atoms with Gasteiger partial charge in [0.05, 0.1) is 0 Å². The summed E-state index contributed by atoms with van der Waals surface area (Å²) in [5.74, 6) is -1.05. The molecule has 0 heterocycles. The van der Waals surface area contributed by atoms with E-state index in [0.717, 1.165) is 6.07 Å². The van der Waals surface area contributed by atoms with E-state index in [2.05, 4.69) is 5.43 Å². The Morgan fingerprint density at radius 3 is 2.67 bits per heavy atom. The monoisotopic (exact) mass is 211 g/mol. The Kier molecular flexibility index (Phi) is 3.76. The summed E-state index contributed by atoms with van der Waals surface area (Å²) in [6, 6.07) is 4.21. The van der Waals surface area contributed by atoms with Gasteiger partial charge in [-0.15, -0.1) is 0 Å². The van der Waals surface area contributed by atoms with Crippen molar-refractivity contribution in [3.05, 3.63) is 35.1 Å². The van der Waals surface area contributed by atoms with Crippen molar-refractivity contribution >= 4 is 5.91 Å². The molecular formula is C10H14FN3O. The predicted octanol–water partition coefficient (Wildman–Crippen LogP) is 0.491. The molecule has 15 heavy (non-hydrogen) atoms. The second kappa shape index (κ2) is 4.86. The van der Waals surface area contributed by atoms with Crippen molar-refractivity contribution in [3.63, 3.8) is 0 Å². The fraction of sp³-hybridized carbons (Fsp3) is 0.300. The molecule has 0 aromatic heterocycles. The summed E-state index contributed by atoms with van der Waals surface area (Å²) in [5.41, 5.74) is 8.63. The first-order chi connectivity index (χ1) is 7.00. The van der Waals surface area contributed by atoms with E-state index in [1.807, 2.05) is 14.1 Å². The number of nitrogens with one attached hydrogen (secondary N) is 1. The number of rotatable bonds is 4. The molecule has 0 aliphatic carbocycles. The standard InChI is InChI=1S/C10H14FN3O/c1-14(2)13-6-8-4-3-7(10(12)15)5-9(8)11/h3-5,13H,6H2,1-2H3,(H2,12,15). The van der Waals surface area contributed by atoms with Gasteiger partial charge in [-0.1, -0.05) is 6.07 Å². The van der Waals surface area contributed by atoms with Crippen molar-refractivity contribution in [1.82, 2.24) is 10.4 Å². The van der Waals surface area contributed by atoms with Crippen LogP contribution in [0.15, 0.2) is 18.2 Å². The number of hydrazine groups is 1. The fourth-order valence-electron chi connectivity index (χ4n) is 1.09. The van der Waals surface area contributed by atoms with E-state index in [1.54, 1.807) is 11.1 Å². The molecule has 1 amide bonds. The van der Waals surface area contributed by atoms with E-state index in [1.165, 1.54) is 6.07 Å². The highest BCUT2D eigenvalue weighted by Gasteiger charge is 2.06. The number of halogens is 1. The molecule has 3 N–H and O–H groups in total. The van der Waals surface area contributed by atoms with Gasteiger partial charge in [-0.3, -0.25) is 15.2 Å². The summed E-state index contributed by atoms with van der Waals surface area (Å²) in [6.45, 7) is 0.373. The van der Waals surface area contributed by atoms with Crippen LogP contribution in [0.2, 0.25) is 0 Å². The average Bonchev–Trinajstić information content (AvgIpc) is 2.15. The molecule has 0 saturated carbocycles. The highest BCUT2D eigenvalue weighted by atomic mass is 19.1. The molecule has 0 saturated heterocycles. The van der Waals surface area contributed by atoms with Crippen LogP contribution in [0.1, 0.15) is 15.9 Å². The van der Waals surface area contributed by atoms with Gasteiger partial charge in [-0.25, -0.2) is 4.39 Å². The van der Waals surface area contributed by atoms with Crippen LogP contribution in [0.25, 0.3) is 0 Å². The molecule has 0 atom stereocenters. The smallest absolute Gasteiger partial charge is 0.248 e. The van der Waals surface area contributed by atoms with E-state index in [9.17, 15) is 9.18 Å². The molecule has 0 spiro atoms. The number of benzene rings is 1. The first-order valence-corrected chi connectivity index (χ1v) is 4.49. The van der Waals surface area contributed by atoms with Crippen LogP contribution >= 0.6 is 0 Å². The molecule has 1 rings (SSSR count). The quantitative estimate of drug-likeness (QED) is 0.713. The molecule has 5 heteroatoms. The maximum absolute atomic E-state index is 13.4. The molecule has 0 unspecified atom stereocenters. The number of primary amides is 1. The lowest BCUT2D eigenvalue weighted by Gasteiger charge is -2.12. The largest absolute Gasteiger partial charge is 0.366 e. The van der Waals surface area contributed by atoms with Gasteiger partial charge >= 0.3 is 0 Å². The number of amides is 1. The zero-order chi connectivity index (χ0) is 11.4. The number of hydrogen-bond donors (Lipinski definition) is 2. The Morgan fingerprint density at radius 2 is 2.20 bits per heavy atom. The van der Waals surface area contributed by atoms with Gasteiger partial charge in [0.25, 0.3) is 0 Å². The van der Waals surface area contributed by atoms with Crippen molar-refractivity contribution in [2.45, 2.75) is 6.54 Å². The van der Waals surface area contributed by atoms with Gasteiger partial charge in [0, 0.05) is 31.8 Å². The van der Waals surface area contributed by atoms with E-state index in [0.29, 0.717) is 12.1 Å². The first-order valence-electron chi connectivity index (χ1n) is 4.49. The van der Waals surface area contributed by atoms with E-state index >= 15 is 0 Å². The highest BCUT2D eigenvalue weighted by molar-refractivity contribution is 5.92. The van der Waals surface area contributed by atoms with Crippen molar-refractivity contribution < 1.29 is 9.18 Å². The Balaban J connectivity index is 2.79. The Bertz CT molecular complexity index is 366. The van der Waals surface area contributed by atoms with Gasteiger partial charge < -0.3 is 5.73 Å². The van der Waals surface area contributed by atoms with Crippen molar-refractivity contribution in [1.29, 1.82) is 0 Å². The minimum Gasteiger partial charge on any atom is -0.366 e. The molecule has 1 aromatic carbocycles. The third-order valence-corrected chi connectivity index (χ3v) is 1.92. The fourth-order valence-corrected chi connectivity index (χ4v) is 1.09. The lowest BCUT2D eigenvalue weighted by atomic mass is 10.1. The summed E-state index contributed by atoms with van der Waals surface area (Å²) in [5, 5.41) is 1.72. The number of carbonyl (C=O) groups excluding carboxylic acids is 1. The lowest BCUT2D eigenvalue weighted by Crippen LogP contribution is -2.30. The van der Waals surface area contributed by atoms with Crippen LogP contribution in [-0.4, -0.2) is 25.0 Å². The minimum atomic E-state index is -0.624. The highest BCUT2D eigenvalue weighted by Crippen LogP contribution is 2.09. The normalized spacial score (nSPS) is 10.7. The maximum atomic E-state index is 13.4. The Labute approximate surface area is 87.8 Å². The van der Waals surface area contributed by atoms with E-state index in [-0.39, 0.29) is 5.56 Å². The predicted molar refractivity (Wildman–Crippen MR) is 55.4 cm³/mol. The zero-order valence-corrected chi connectivity index (χ0v) is 8.75. The zero-order valence-electron chi connectivity index (χ0n) is 8.75. The third kappa shape index (κ3) is 3.30. The van der Waals surface area contributed by atoms with Gasteiger partial charge in [0.2, 0.25) is 5.91 Å². The second-order valence-corrected chi connectivity index (χ2v) is 3.40. The second-order valence-electron chi connectivity index (χ2n) is 3.40. The van der Waals surface area contributed by atoms with Crippen LogP contribution in [0.3, 0.4) is 0 Å². The maximum Gasteiger partial charge on any atom is 0.248 e. The number of nitrogens with two attached hydrogens (primary N) is 1. The number of carbonyl (C=O) groups is 1. The summed E-state index contributed by atoms with van der Waals surface area (Å²) < 4.78 is 13.4. The van der Waals surface area contributed by atoms with Crippen LogP contribution in [0, 0.1) is 5.82 Å². The summed E-state index contributed by atoms with van der Waals surface area (Å²) in [6.07, 6.45) is 0. The van der Waals surface area contributed by atoms with Crippen molar-refractivity contribution in [2.24, 2.45) is 5.73 Å². The van der Waals surface area contributed by atoms with Gasteiger partial charge in [0.1, 0.15) is 5.82 Å². The molecule has 0 bridgehead atoms. The first kappa shape index (κ1) is 11.6. The Hall–Kier alpha value is -1.46. The van der Waals surface area contributed by atoms with Crippen molar-refractivity contribution in [3.8, 4) is 0 Å². The van der Waals surface area contributed by atoms with Crippen LogP contribution in [-0.2, 0) is 6.54 Å². The molecular weight excluding hydrogens is 197 g/mol. The van der Waals surface area contributed by atoms with Crippen LogP contribution < -0.4 is 11.2 Å². The van der Waals surface area contributed by atoms with Crippen LogP contribution in [0.4, 0.5) is 4.39 Å². The molecule has 0 radical (unpaired) electrons.